The summed E-state index contributed by atoms with van der Waals surface area (Å²) in [7, 11) is 1.62. The zero-order valence-electron chi connectivity index (χ0n) is 10.9. The van der Waals surface area contributed by atoms with E-state index in [1.165, 1.54) is 19.2 Å². The Bertz CT molecular complexity index is 400. The van der Waals surface area contributed by atoms with Crippen molar-refractivity contribution in [1.82, 2.24) is 9.97 Å². The Morgan fingerprint density at radius 3 is 3.00 bits per heavy atom. The number of alkyl halides is 1. The quantitative estimate of drug-likeness (QED) is 0.854. The first-order valence-electron chi connectivity index (χ1n) is 6.44. The number of hydrogen-bond donors (Lipinski definition) is 1. The van der Waals surface area contributed by atoms with Crippen molar-refractivity contribution in [1.29, 1.82) is 0 Å². The maximum Gasteiger partial charge on any atom is 0.221 e. The maximum absolute atomic E-state index is 6.20. The molecule has 1 aliphatic carbocycles. The van der Waals surface area contributed by atoms with Gasteiger partial charge in [-0.3, -0.25) is 0 Å². The number of rotatable bonds is 4. The average Bonchev–Trinajstić information content (AvgIpc) is 2.38. The zero-order chi connectivity index (χ0) is 13.0. The fourth-order valence-electron chi connectivity index (χ4n) is 2.47. The molecule has 1 fully saturated rings. The summed E-state index contributed by atoms with van der Waals surface area (Å²) in [4.78, 5) is 8.32. The van der Waals surface area contributed by atoms with Gasteiger partial charge in [0.1, 0.15) is 12.1 Å². The molecular weight excluding hydrogens is 250 g/mol. The normalized spacial score (nSPS) is 23.7. The van der Waals surface area contributed by atoms with Crippen molar-refractivity contribution in [3.05, 3.63) is 11.9 Å². The molecule has 5 heteroatoms. The van der Waals surface area contributed by atoms with Crippen LogP contribution in [0, 0.1) is 12.8 Å². The molecule has 0 saturated heterocycles. The average molecular weight is 270 g/mol. The lowest BCUT2D eigenvalue weighted by molar-refractivity contribution is 0.377. The van der Waals surface area contributed by atoms with Gasteiger partial charge in [0.15, 0.2) is 0 Å². The molecule has 1 saturated carbocycles. The predicted molar refractivity (Wildman–Crippen MR) is 73.4 cm³/mol. The molecule has 18 heavy (non-hydrogen) atoms. The van der Waals surface area contributed by atoms with Crippen LogP contribution in [0.15, 0.2) is 6.33 Å². The zero-order valence-corrected chi connectivity index (χ0v) is 11.7. The first-order chi connectivity index (χ1) is 8.70. The molecule has 0 spiro atoms. The van der Waals surface area contributed by atoms with Crippen LogP contribution in [0.2, 0.25) is 0 Å². The Labute approximate surface area is 113 Å². The van der Waals surface area contributed by atoms with E-state index in [1.54, 1.807) is 7.11 Å². The molecule has 0 aromatic carbocycles. The molecule has 0 aliphatic heterocycles. The highest BCUT2D eigenvalue weighted by molar-refractivity contribution is 6.20. The van der Waals surface area contributed by atoms with Crippen LogP contribution < -0.4 is 10.1 Å². The number of aromatic nitrogens is 2. The minimum absolute atomic E-state index is 0.339. The molecule has 2 unspecified atom stereocenters. The SMILES string of the molecule is COc1ncnc(NCC2CCCC(Cl)C2)c1C. The molecule has 0 bridgehead atoms. The van der Waals surface area contributed by atoms with Gasteiger partial charge in [0.05, 0.1) is 12.7 Å². The largest absolute Gasteiger partial charge is 0.481 e. The highest BCUT2D eigenvalue weighted by atomic mass is 35.5. The summed E-state index contributed by atoms with van der Waals surface area (Å²) in [6.07, 6.45) is 6.25. The van der Waals surface area contributed by atoms with Crippen LogP contribution in [0.3, 0.4) is 0 Å². The molecule has 1 N–H and O–H groups in total. The van der Waals surface area contributed by atoms with Crippen molar-refractivity contribution in [2.45, 2.75) is 38.0 Å². The minimum atomic E-state index is 0.339. The van der Waals surface area contributed by atoms with Crippen molar-refractivity contribution in [2.75, 3.05) is 19.0 Å². The molecule has 1 aromatic heterocycles. The molecule has 4 nitrogen and oxygen atoms in total. The van der Waals surface area contributed by atoms with Gasteiger partial charge in [0.25, 0.3) is 0 Å². The second kappa shape index (κ2) is 6.23. The summed E-state index contributed by atoms with van der Waals surface area (Å²) in [5.41, 5.74) is 0.957. The van der Waals surface area contributed by atoms with Crippen LogP contribution in [0.4, 0.5) is 5.82 Å². The molecule has 2 atom stereocenters. The van der Waals surface area contributed by atoms with E-state index in [1.807, 2.05) is 6.92 Å². The number of anilines is 1. The molecule has 1 heterocycles. The summed E-state index contributed by atoms with van der Waals surface area (Å²) < 4.78 is 5.18. The third-order valence-corrected chi connectivity index (χ3v) is 3.90. The smallest absolute Gasteiger partial charge is 0.221 e. The van der Waals surface area contributed by atoms with E-state index in [-0.39, 0.29) is 0 Å². The van der Waals surface area contributed by atoms with E-state index in [9.17, 15) is 0 Å². The lowest BCUT2D eigenvalue weighted by atomic mass is 9.89. The van der Waals surface area contributed by atoms with Gasteiger partial charge >= 0.3 is 0 Å². The van der Waals surface area contributed by atoms with Gasteiger partial charge in [0.2, 0.25) is 5.88 Å². The van der Waals surface area contributed by atoms with Crippen LogP contribution in [0.25, 0.3) is 0 Å². The molecule has 100 valence electrons. The first kappa shape index (κ1) is 13.4. The number of ether oxygens (including phenoxy) is 1. The molecule has 0 radical (unpaired) electrons. The Balaban J connectivity index is 1.93. The van der Waals surface area contributed by atoms with Gasteiger partial charge in [-0.1, -0.05) is 6.42 Å². The number of nitrogens with zero attached hydrogens (tertiary/aromatic N) is 2. The number of methoxy groups -OCH3 is 1. The Hall–Kier alpha value is -1.03. The Kier molecular flexibility index (Phi) is 4.64. The van der Waals surface area contributed by atoms with E-state index in [0.29, 0.717) is 17.2 Å². The van der Waals surface area contributed by atoms with Crippen LogP contribution in [-0.4, -0.2) is 29.0 Å². The van der Waals surface area contributed by atoms with Crippen LogP contribution in [0.5, 0.6) is 5.88 Å². The van der Waals surface area contributed by atoms with E-state index >= 15 is 0 Å². The van der Waals surface area contributed by atoms with Gasteiger partial charge < -0.3 is 10.1 Å². The highest BCUT2D eigenvalue weighted by Crippen LogP contribution is 2.28. The van der Waals surface area contributed by atoms with Crippen LogP contribution in [0.1, 0.15) is 31.2 Å². The van der Waals surface area contributed by atoms with Gasteiger partial charge in [-0.2, -0.15) is 0 Å². The highest BCUT2D eigenvalue weighted by Gasteiger charge is 2.20. The predicted octanol–water partition coefficient (Wildman–Crippen LogP) is 3.00. The number of nitrogens with one attached hydrogen (secondary N) is 1. The fourth-order valence-corrected chi connectivity index (χ4v) is 2.88. The summed E-state index contributed by atoms with van der Waals surface area (Å²) >= 11 is 6.20. The summed E-state index contributed by atoms with van der Waals surface area (Å²) in [5, 5.41) is 3.73. The second-order valence-electron chi connectivity index (χ2n) is 4.87. The van der Waals surface area contributed by atoms with E-state index < -0.39 is 0 Å². The number of hydrogen-bond acceptors (Lipinski definition) is 4. The van der Waals surface area contributed by atoms with Crippen molar-refractivity contribution in [3.8, 4) is 5.88 Å². The van der Waals surface area contributed by atoms with Crippen molar-refractivity contribution >= 4 is 17.4 Å². The lowest BCUT2D eigenvalue weighted by Gasteiger charge is -2.25. The molecular formula is C13H20ClN3O. The minimum Gasteiger partial charge on any atom is -0.481 e. The second-order valence-corrected chi connectivity index (χ2v) is 5.48. The van der Waals surface area contributed by atoms with Crippen molar-refractivity contribution in [3.63, 3.8) is 0 Å². The summed E-state index contributed by atoms with van der Waals surface area (Å²) in [6.45, 7) is 2.89. The third kappa shape index (κ3) is 3.25. The molecule has 0 amide bonds. The Morgan fingerprint density at radius 2 is 2.28 bits per heavy atom. The van der Waals surface area contributed by atoms with Gasteiger partial charge in [0, 0.05) is 11.9 Å². The Morgan fingerprint density at radius 1 is 1.44 bits per heavy atom. The fraction of sp³-hybridized carbons (Fsp3) is 0.692. The van der Waals surface area contributed by atoms with Crippen LogP contribution >= 0.6 is 11.6 Å². The van der Waals surface area contributed by atoms with E-state index in [0.717, 1.165) is 30.8 Å². The van der Waals surface area contributed by atoms with Crippen LogP contribution in [-0.2, 0) is 0 Å². The third-order valence-electron chi connectivity index (χ3n) is 3.51. The van der Waals surface area contributed by atoms with Crippen molar-refractivity contribution in [2.24, 2.45) is 5.92 Å². The topological polar surface area (TPSA) is 47.0 Å². The molecule has 1 aromatic rings. The van der Waals surface area contributed by atoms with Crippen molar-refractivity contribution < 1.29 is 4.74 Å². The summed E-state index contributed by atoms with van der Waals surface area (Å²) in [6, 6.07) is 0. The summed E-state index contributed by atoms with van der Waals surface area (Å²) in [5.74, 6) is 2.13. The first-order valence-corrected chi connectivity index (χ1v) is 6.88. The van der Waals surface area contributed by atoms with E-state index in [4.69, 9.17) is 16.3 Å². The van der Waals surface area contributed by atoms with Gasteiger partial charge in [-0.15, -0.1) is 11.6 Å². The molecule has 2 rings (SSSR count). The molecule has 1 aliphatic rings. The van der Waals surface area contributed by atoms with Gasteiger partial charge in [-0.25, -0.2) is 9.97 Å². The van der Waals surface area contributed by atoms with E-state index in [2.05, 4.69) is 15.3 Å². The lowest BCUT2D eigenvalue weighted by Crippen LogP contribution is -2.23. The monoisotopic (exact) mass is 269 g/mol. The standard InChI is InChI=1S/C13H20ClN3O/c1-9-12(16-8-17-13(9)18-2)15-7-10-4-3-5-11(14)6-10/h8,10-11H,3-7H2,1-2H3,(H,15,16,17). The number of halogens is 1. The van der Waals surface area contributed by atoms with Gasteiger partial charge in [-0.05, 0) is 32.1 Å². The maximum atomic E-state index is 6.20.